The van der Waals surface area contributed by atoms with Crippen LogP contribution in [-0.2, 0) is 6.54 Å². The molecule has 0 saturated carbocycles. The van der Waals surface area contributed by atoms with Gasteiger partial charge in [0.15, 0.2) is 0 Å². The van der Waals surface area contributed by atoms with E-state index < -0.39 is 0 Å². The van der Waals surface area contributed by atoms with Crippen molar-refractivity contribution in [2.24, 2.45) is 0 Å². The normalized spacial score (nSPS) is 10.8. The SMILES string of the molecule is CNC(=O)c1cn(Cc2ccc(F)cc2)c2cccnc12. The molecule has 3 rings (SSSR count). The molecule has 0 aliphatic rings. The van der Waals surface area contributed by atoms with E-state index in [0.29, 0.717) is 17.6 Å². The molecule has 2 heterocycles. The Bertz CT molecular complexity index is 793. The highest BCUT2D eigenvalue weighted by Crippen LogP contribution is 2.20. The summed E-state index contributed by atoms with van der Waals surface area (Å²) in [5.41, 5.74) is 3.04. The van der Waals surface area contributed by atoms with Gasteiger partial charge in [0.1, 0.15) is 11.3 Å². The van der Waals surface area contributed by atoms with Crippen molar-refractivity contribution in [2.75, 3.05) is 7.05 Å². The van der Waals surface area contributed by atoms with E-state index in [2.05, 4.69) is 10.3 Å². The summed E-state index contributed by atoms with van der Waals surface area (Å²) in [4.78, 5) is 16.2. The van der Waals surface area contributed by atoms with E-state index in [-0.39, 0.29) is 11.7 Å². The minimum absolute atomic E-state index is 0.170. The minimum Gasteiger partial charge on any atom is -0.355 e. The predicted molar refractivity (Wildman–Crippen MR) is 78.6 cm³/mol. The summed E-state index contributed by atoms with van der Waals surface area (Å²) in [7, 11) is 1.59. The van der Waals surface area contributed by atoms with Crippen molar-refractivity contribution >= 4 is 16.9 Å². The molecule has 0 saturated heterocycles. The monoisotopic (exact) mass is 283 g/mol. The fourth-order valence-electron chi connectivity index (χ4n) is 2.34. The van der Waals surface area contributed by atoms with E-state index in [1.54, 1.807) is 31.6 Å². The summed E-state index contributed by atoms with van der Waals surface area (Å²) in [5, 5.41) is 2.62. The molecule has 0 radical (unpaired) electrons. The van der Waals surface area contributed by atoms with Crippen LogP contribution >= 0.6 is 0 Å². The van der Waals surface area contributed by atoms with Crippen LogP contribution in [0, 0.1) is 5.82 Å². The largest absolute Gasteiger partial charge is 0.355 e. The van der Waals surface area contributed by atoms with Gasteiger partial charge in [-0.2, -0.15) is 0 Å². The van der Waals surface area contributed by atoms with Gasteiger partial charge >= 0.3 is 0 Å². The number of rotatable bonds is 3. The quantitative estimate of drug-likeness (QED) is 0.803. The zero-order chi connectivity index (χ0) is 14.8. The Balaban J connectivity index is 2.06. The first kappa shape index (κ1) is 13.3. The van der Waals surface area contributed by atoms with Gasteiger partial charge in [0.2, 0.25) is 0 Å². The lowest BCUT2D eigenvalue weighted by molar-refractivity contribution is 0.0964. The van der Waals surface area contributed by atoms with Crippen molar-refractivity contribution < 1.29 is 9.18 Å². The topological polar surface area (TPSA) is 46.9 Å². The van der Waals surface area contributed by atoms with Gasteiger partial charge in [-0.05, 0) is 29.8 Å². The number of hydrogen-bond donors (Lipinski definition) is 1. The van der Waals surface area contributed by atoms with E-state index in [0.717, 1.165) is 11.1 Å². The molecule has 2 aromatic heterocycles. The molecule has 0 aliphatic heterocycles. The van der Waals surface area contributed by atoms with Crippen LogP contribution in [0.25, 0.3) is 11.0 Å². The summed E-state index contributed by atoms with van der Waals surface area (Å²) in [6.07, 6.45) is 3.44. The van der Waals surface area contributed by atoms with Gasteiger partial charge in [-0.1, -0.05) is 12.1 Å². The third-order valence-corrected chi connectivity index (χ3v) is 3.37. The van der Waals surface area contributed by atoms with Crippen LogP contribution in [0.1, 0.15) is 15.9 Å². The number of amides is 1. The Morgan fingerprint density at radius 3 is 2.76 bits per heavy atom. The van der Waals surface area contributed by atoms with Crippen LogP contribution in [-0.4, -0.2) is 22.5 Å². The average Bonchev–Trinajstić information content (AvgIpc) is 2.88. The first-order chi connectivity index (χ1) is 10.2. The Morgan fingerprint density at radius 1 is 1.29 bits per heavy atom. The molecular formula is C16H14FN3O. The summed E-state index contributed by atoms with van der Waals surface area (Å²) in [6, 6.07) is 10.1. The molecule has 0 fully saturated rings. The fourth-order valence-corrected chi connectivity index (χ4v) is 2.34. The Hall–Kier alpha value is -2.69. The summed E-state index contributed by atoms with van der Waals surface area (Å²) in [5.74, 6) is -0.430. The van der Waals surface area contributed by atoms with E-state index in [4.69, 9.17) is 0 Å². The lowest BCUT2D eigenvalue weighted by Crippen LogP contribution is -2.17. The molecule has 0 aliphatic carbocycles. The number of carbonyl (C=O) groups is 1. The number of nitrogens with zero attached hydrogens (tertiary/aromatic N) is 2. The molecule has 0 unspecified atom stereocenters. The number of halogens is 1. The molecule has 21 heavy (non-hydrogen) atoms. The van der Waals surface area contributed by atoms with Crippen molar-refractivity contribution in [2.45, 2.75) is 6.54 Å². The van der Waals surface area contributed by atoms with Crippen molar-refractivity contribution in [1.29, 1.82) is 0 Å². The zero-order valence-corrected chi connectivity index (χ0v) is 11.5. The van der Waals surface area contributed by atoms with Gasteiger partial charge < -0.3 is 9.88 Å². The second-order valence-corrected chi connectivity index (χ2v) is 4.75. The van der Waals surface area contributed by atoms with Crippen molar-refractivity contribution in [3.05, 3.63) is 65.7 Å². The molecule has 0 bridgehead atoms. The van der Waals surface area contributed by atoms with Crippen molar-refractivity contribution in [1.82, 2.24) is 14.9 Å². The molecular weight excluding hydrogens is 269 g/mol. The Morgan fingerprint density at radius 2 is 2.05 bits per heavy atom. The van der Waals surface area contributed by atoms with Crippen LogP contribution in [0.2, 0.25) is 0 Å². The highest BCUT2D eigenvalue weighted by molar-refractivity contribution is 6.05. The maximum atomic E-state index is 13.0. The maximum Gasteiger partial charge on any atom is 0.254 e. The van der Waals surface area contributed by atoms with Crippen LogP contribution < -0.4 is 5.32 Å². The predicted octanol–water partition coefficient (Wildman–Crippen LogP) is 2.58. The lowest BCUT2D eigenvalue weighted by atomic mass is 10.2. The standard InChI is InChI=1S/C16H14FN3O/c1-18-16(21)13-10-20(14-3-2-8-19-15(13)14)9-11-4-6-12(17)7-5-11/h2-8,10H,9H2,1H3,(H,18,21). The summed E-state index contributed by atoms with van der Waals surface area (Å²) < 4.78 is 14.9. The van der Waals surface area contributed by atoms with Gasteiger partial charge in [-0.25, -0.2) is 4.39 Å². The van der Waals surface area contributed by atoms with Crippen LogP contribution in [0.3, 0.4) is 0 Å². The van der Waals surface area contributed by atoms with E-state index >= 15 is 0 Å². The third kappa shape index (κ3) is 2.50. The number of hydrogen-bond acceptors (Lipinski definition) is 2. The molecule has 1 aromatic carbocycles. The maximum absolute atomic E-state index is 13.0. The molecule has 0 atom stereocenters. The Kier molecular flexibility index (Phi) is 3.39. The van der Waals surface area contributed by atoms with Gasteiger partial charge in [-0.15, -0.1) is 0 Å². The number of aromatic nitrogens is 2. The average molecular weight is 283 g/mol. The zero-order valence-electron chi connectivity index (χ0n) is 11.5. The number of benzene rings is 1. The van der Waals surface area contributed by atoms with Gasteiger partial charge in [0.05, 0.1) is 11.1 Å². The molecule has 5 heteroatoms. The highest BCUT2D eigenvalue weighted by Gasteiger charge is 2.14. The van der Waals surface area contributed by atoms with Crippen molar-refractivity contribution in [3.8, 4) is 0 Å². The number of carbonyl (C=O) groups excluding carboxylic acids is 1. The highest BCUT2D eigenvalue weighted by atomic mass is 19.1. The van der Waals surface area contributed by atoms with Gasteiger partial charge in [0.25, 0.3) is 5.91 Å². The molecule has 1 N–H and O–H groups in total. The molecule has 0 spiro atoms. The van der Waals surface area contributed by atoms with E-state index in [9.17, 15) is 9.18 Å². The number of nitrogens with one attached hydrogen (secondary N) is 1. The van der Waals surface area contributed by atoms with Crippen molar-refractivity contribution in [3.63, 3.8) is 0 Å². The van der Waals surface area contributed by atoms with Gasteiger partial charge in [-0.3, -0.25) is 9.78 Å². The Labute approximate surface area is 121 Å². The van der Waals surface area contributed by atoms with E-state index in [1.165, 1.54) is 12.1 Å². The first-order valence-electron chi connectivity index (χ1n) is 6.59. The fraction of sp³-hybridized carbons (Fsp3) is 0.125. The second kappa shape index (κ2) is 5.36. The number of fused-ring (bicyclic) bond motifs is 1. The smallest absolute Gasteiger partial charge is 0.254 e. The first-order valence-corrected chi connectivity index (χ1v) is 6.59. The molecule has 3 aromatic rings. The van der Waals surface area contributed by atoms with Crippen LogP contribution in [0.5, 0.6) is 0 Å². The van der Waals surface area contributed by atoms with Gasteiger partial charge in [0, 0.05) is 26.0 Å². The minimum atomic E-state index is -0.260. The molecule has 4 nitrogen and oxygen atoms in total. The third-order valence-electron chi connectivity index (χ3n) is 3.37. The molecule has 1 amide bonds. The van der Waals surface area contributed by atoms with E-state index in [1.807, 2.05) is 16.7 Å². The number of pyridine rings is 1. The molecule has 106 valence electrons. The second-order valence-electron chi connectivity index (χ2n) is 4.75. The lowest BCUT2D eigenvalue weighted by Gasteiger charge is -2.05. The van der Waals surface area contributed by atoms with Crippen LogP contribution in [0.15, 0.2) is 48.8 Å². The van der Waals surface area contributed by atoms with Crippen LogP contribution in [0.4, 0.5) is 4.39 Å². The summed E-state index contributed by atoms with van der Waals surface area (Å²) in [6.45, 7) is 0.555. The summed E-state index contributed by atoms with van der Waals surface area (Å²) >= 11 is 0.